The second kappa shape index (κ2) is 15.4. The zero-order valence-corrected chi connectivity index (χ0v) is 26.9. The molecule has 2 aromatic rings. The highest BCUT2D eigenvalue weighted by Crippen LogP contribution is 2.37. The van der Waals surface area contributed by atoms with Crippen molar-refractivity contribution in [2.24, 2.45) is 5.73 Å². The molecular weight excluding hydrogens is 605 g/mol. The number of hydrogen-bond acceptors (Lipinski definition) is 7. The van der Waals surface area contributed by atoms with Crippen molar-refractivity contribution in [2.45, 2.75) is 75.1 Å². The first-order valence-electron chi connectivity index (χ1n) is 15.1. The zero-order chi connectivity index (χ0) is 29.7. The fraction of sp³-hybridized carbons (Fsp3) is 0.531. The number of piperidine rings is 1. The summed E-state index contributed by atoms with van der Waals surface area (Å²) in [7, 11) is 1.60. The molecule has 2 aliphatic heterocycles. The van der Waals surface area contributed by atoms with Crippen LogP contribution in [-0.4, -0.2) is 83.0 Å². The minimum absolute atomic E-state index is 0. The molecule has 1 saturated carbocycles. The molecule has 1 spiro atoms. The molecule has 5 rings (SSSR count). The molecule has 242 valence electrons. The Kier molecular flexibility index (Phi) is 12.5. The lowest BCUT2D eigenvalue weighted by Crippen LogP contribution is -2.73. The van der Waals surface area contributed by atoms with Gasteiger partial charge in [0.1, 0.15) is 23.1 Å². The summed E-state index contributed by atoms with van der Waals surface area (Å²) in [5.41, 5.74) is 5.81. The van der Waals surface area contributed by atoms with Gasteiger partial charge in [-0.25, -0.2) is 0 Å². The van der Waals surface area contributed by atoms with Gasteiger partial charge in [0.25, 0.3) is 5.91 Å². The third kappa shape index (κ3) is 7.84. The maximum Gasteiger partial charge on any atom is 0.251 e. The second-order valence-electron chi connectivity index (χ2n) is 12.0. The average Bonchev–Trinajstić information content (AvgIpc) is 3.00. The first kappa shape index (κ1) is 35.6. The number of amides is 3. The molecule has 0 bridgehead atoms. The summed E-state index contributed by atoms with van der Waals surface area (Å²) in [6.45, 7) is 2.68. The summed E-state index contributed by atoms with van der Waals surface area (Å²) in [5.74, 6) is 0.965. The fourth-order valence-electron chi connectivity index (χ4n) is 6.72. The van der Waals surface area contributed by atoms with E-state index in [0.29, 0.717) is 62.4 Å². The van der Waals surface area contributed by atoms with Crippen molar-refractivity contribution in [3.63, 3.8) is 0 Å². The number of hydrogen-bond donors (Lipinski definition) is 4. The Balaban J connectivity index is 0.00000264. The Morgan fingerprint density at radius 3 is 2.14 bits per heavy atom. The summed E-state index contributed by atoms with van der Waals surface area (Å²) >= 11 is 0. The quantitative estimate of drug-likeness (QED) is 0.327. The third-order valence-corrected chi connectivity index (χ3v) is 9.12. The van der Waals surface area contributed by atoms with Crippen molar-refractivity contribution in [1.29, 1.82) is 0 Å². The highest BCUT2D eigenvalue weighted by Gasteiger charge is 2.54. The molecule has 3 fully saturated rings. The van der Waals surface area contributed by atoms with E-state index >= 15 is 0 Å². The van der Waals surface area contributed by atoms with E-state index in [0.717, 1.165) is 31.4 Å². The number of benzene rings is 2. The Labute approximate surface area is 271 Å². The van der Waals surface area contributed by atoms with Gasteiger partial charge in [0.05, 0.1) is 5.60 Å². The van der Waals surface area contributed by atoms with E-state index in [2.05, 4.69) is 15.5 Å². The first-order chi connectivity index (χ1) is 20.2. The fourth-order valence-corrected chi connectivity index (χ4v) is 6.72. The number of nitrogens with one attached hydrogen (secondary N) is 2. The number of nitrogens with two attached hydrogens (primary N) is 1. The Morgan fingerprint density at radius 1 is 0.977 bits per heavy atom. The highest BCUT2D eigenvalue weighted by molar-refractivity contribution is 6.00. The standard InChI is InChI=1S/C32H43N5O5.2ClH/c1-34-28(38)24-7-11-26(12-8-24)42-25-9-5-23(6-10-25)22-36-18-15-32(16-19-36)30(40)35-27(29(39)37(32)20-17-33)21-31(41)13-3-2-4-14-31;;/h5-12,27,41H,2-4,13-22,33H2,1H3,(H,34,38)(H,35,40);2*1H/t27-;;/m1../s1. The van der Waals surface area contributed by atoms with Crippen LogP contribution in [0.4, 0.5) is 0 Å². The zero-order valence-electron chi connectivity index (χ0n) is 25.3. The molecule has 44 heavy (non-hydrogen) atoms. The Hall–Kier alpha value is -2.89. The third-order valence-electron chi connectivity index (χ3n) is 9.12. The molecule has 3 aliphatic rings. The highest BCUT2D eigenvalue weighted by atomic mass is 35.5. The smallest absolute Gasteiger partial charge is 0.251 e. The number of likely N-dealkylation sites (tertiary alicyclic amines) is 1. The van der Waals surface area contributed by atoms with Crippen molar-refractivity contribution in [1.82, 2.24) is 20.4 Å². The minimum Gasteiger partial charge on any atom is -0.457 e. The number of nitrogens with zero attached hydrogens (tertiary/aromatic N) is 2. The Morgan fingerprint density at radius 2 is 1.57 bits per heavy atom. The van der Waals surface area contributed by atoms with Crippen LogP contribution >= 0.6 is 24.8 Å². The number of ether oxygens (including phenoxy) is 1. The molecule has 1 aliphatic carbocycles. The molecule has 10 nitrogen and oxygen atoms in total. The van der Waals surface area contributed by atoms with Crippen LogP contribution in [-0.2, 0) is 16.1 Å². The molecule has 0 radical (unpaired) electrons. The lowest BCUT2D eigenvalue weighted by Gasteiger charge is -2.52. The molecule has 2 heterocycles. The van der Waals surface area contributed by atoms with Gasteiger partial charge in [-0.15, -0.1) is 24.8 Å². The number of carbonyl (C=O) groups excluding carboxylic acids is 3. The molecule has 2 aromatic carbocycles. The maximum absolute atomic E-state index is 13.6. The number of piperazine rings is 1. The Bertz CT molecular complexity index is 1260. The van der Waals surface area contributed by atoms with Gasteiger partial charge in [0, 0.05) is 51.8 Å². The van der Waals surface area contributed by atoms with Crippen molar-refractivity contribution >= 4 is 42.5 Å². The van der Waals surface area contributed by atoms with Gasteiger partial charge in [-0.05, 0) is 67.6 Å². The topological polar surface area (TPSA) is 137 Å². The number of halogens is 2. The van der Waals surface area contributed by atoms with Crippen LogP contribution < -0.4 is 21.1 Å². The summed E-state index contributed by atoms with van der Waals surface area (Å²) in [5, 5.41) is 16.7. The SMILES string of the molecule is CNC(=O)c1ccc(Oc2ccc(CN3CCC4(CC3)C(=O)N[C@H](CC3(O)CCCCC3)C(=O)N4CCN)cc2)cc1.Cl.Cl. The van der Waals surface area contributed by atoms with E-state index in [4.69, 9.17) is 10.5 Å². The van der Waals surface area contributed by atoms with Gasteiger partial charge in [-0.2, -0.15) is 0 Å². The van der Waals surface area contributed by atoms with Crippen LogP contribution in [0.3, 0.4) is 0 Å². The maximum atomic E-state index is 13.6. The van der Waals surface area contributed by atoms with E-state index in [1.165, 1.54) is 0 Å². The van der Waals surface area contributed by atoms with Gasteiger partial charge < -0.3 is 31.1 Å². The predicted octanol–water partition coefficient (Wildman–Crippen LogP) is 3.39. The van der Waals surface area contributed by atoms with Crippen molar-refractivity contribution in [3.05, 3.63) is 59.7 Å². The predicted molar refractivity (Wildman–Crippen MR) is 173 cm³/mol. The lowest BCUT2D eigenvalue weighted by atomic mass is 9.77. The minimum atomic E-state index is -0.899. The van der Waals surface area contributed by atoms with E-state index < -0.39 is 17.2 Å². The molecule has 12 heteroatoms. The molecule has 0 unspecified atom stereocenters. The summed E-state index contributed by atoms with van der Waals surface area (Å²) in [4.78, 5) is 43.0. The van der Waals surface area contributed by atoms with Crippen LogP contribution in [0.2, 0.25) is 0 Å². The molecule has 3 amide bonds. The van der Waals surface area contributed by atoms with Crippen molar-refractivity contribution in [2.75, 3.05) is 33.2 Å². The summed E-state index contributed by atoms with van der Waals surface area (Å²) < 4.78 is 5.93. The summed E-state index contributed by atoms with van der Waals surface area (Å²) in [6.07, 6.45) is 5.67. The number of rotatable bonds is 9. The van der Waals surface area contributed by atoms with Gasteiger partial charge in [0.15, 0.2) is 0 Å². The largest absolute Gasteiger partial charge is 0.457 e. The normalized spacial score (nSPS) is 21.1. The van der Waals surface area contributed by atoms with Gasteiger partial charge in [0.2, 0.25) is 11.8 Å². The van der Waals surface area contributed by atoms with Gasteiger partial charge in [-0.3, -0.25) is 19.3 Å². The first-order valence-corrected chi connectivity index (χ1v) is 15.1. The molecule has 1 atom stereocenters. The molecule has 5 N–H and O–H groups in total. The van der Waals surface area contributed by atoms with Crippen LogP contribution in [0.1, 0.15) is 67.3 Å². The average molecular weight is 651 g/mol. The van der Waals surface area contributed by atoms with Crippen molar-refractivity contribution < 1.29 is 24.2 Å². The second-order valence-corrected chi connectivity index (χ2v) is 12.0. The summed E-state index contributed by atoms with van der Waals surface area (Å²) in [6, 6.07) is 14.2. The molecular formula is C32H45Cl2N5O5. The van der Waals surface area contributed by atoms with E-state index in [-0.39, 0.29) is 55.5 Å². The molecule has 2 saturated heterocycles. The van der Waals surface area contributed by atoms with Gasteiger partial charge >= 0.3 is 0 Å². The van der Waals surface area contributed by atoms with E-state index in [1.54, 1.807) is 36.2 Å². The van der Waals surface area contributed by atoms with E-state index in [1.807, 2.05) is 24.3 Å². The number of carbonyl (C=O) groups is 3. The monoisotopic (exact) mass is 649 g/mol. The van der Waals surface area contributed by atoms with Crippen LogP contribution in [0.15, 0.2) is 48.5 Å². The molecule has 0 aromatic heterocycles. The van der Waals surface area contributed by atoms with Crippen LogP contribution in [0.25, 0.3) is 0 Å². The van der Waals surface area contributed by atoms with Crippen molar-refractivity contribution in [3.8, 4) is 11.5 Å². The lowest BCUT2D eigenvalue weighted by molar-refractivity contribution is -0.163. The van der Waals surface area contributed by atoms with Crippen LogP contribution in [0, 0.1) is 0 Å². The van der Waals surface area contributed by atoms with Crippen LogP contribution in [0.5, 0.6) is 11.5 Å². The van der Waals surface area contributed by atoms with Gasteiger partial charge in [-0.1, -0.05) is 31.4 Å². The van der Waals surface area contributed by atoms with E-state index in [9.17, 15) is 19.5 Å². The number of aliphatic hydroxyl groups is 1.